The minimum atomic E-state index is -1.44. The van der Waals surface area contributed by atoms with Crippen LogP contribution in [0.15, 0.2) is 47.1 Å². The number of carbonyl (C=O) groups is 3. The van der Waals surface area contributed by atoms with Gasteiger partial charge in [0, 0.05) is 24.3 Å². The summed E-state index contributed by atoms with van der Waals surface area (Å²) in [6.45, 7) is 1.93. The molecule has 3 rings (SSSR count). The Kier molecular flexibility index (Phi) is 5.79. The van der Waals surface area contributed by atoms with Gasteiger partial charge in [0.25, 0.3) is 0 Å². The summed E-state index contributed by atoms with van der Waals surface area (Å²) in [5.41, 5.74) is -0.342. The van der Waals surface area contributed by atoms with E-state index in [1.165, 1.54) is 13.2 Å². The van der Waals surface area contributed by atoms with Crippen molar-refractivity contribution in [2.45, 2.75) is 31.8 Å². The van der Waals surface area contributed by atoms with Crippen LogP contribution >= 0.6 is 0 Å². The Morgan fingerprint density at radius 3 is 2.75 bits per heavy atom. The Bertz CT molecular complexity index is 860. The van der Waals surface area contributed by atoms with Gasteiger partial charge >= 0.3 is 11.8 Å². The predicted molar refractivity (Wildman–Crippen MR) is 103 cm³/mol. The molecule has 1 aromatic heterocycles. The molecule has 0 spiro atoms. The fourth-order valence-electron chi connectivity index (χ4n) is 3.02. The van der Waals surface area contributed by atoms with Gasteiger partial charge in [0.15, 0.2) is 0 Å². The summed E-state index contributed by atoms with van der Waals surface area (Å²) in [5.74, 6) is -1.41. The molecule has 2 heterocycles. The van der Waals surface area contributed by atoms with Crippen LogP contribution in [-0.4, -0.2) is 35.9 Å². The van der Waals surface area contributed by atoms with Crippen molar-refractivity contribution in [1.82, 2.24) is 5.32 Å². The second-order valence-electron chi connectivity index (χ2n) is 6.94. The summed E-state index contributed by atoms with van der Waals surface area (Å²) >= 11 is 0. The van der Waals surface area contributed by atoms with Gasteiger partial charge in [0.1, 0.15) is 11.4 Å². The number of piperidine rings is 1. The van der Waals surface area contributed by atoms with E-state index in [1.54, 1.807) is 41.3 Å². The van der Waals surface area contributed by atoms with E-state index in [4.69, 9.17) is 4.42 Å². The molecule has 0 radical (unpaired) electrons. The summed E-state index contributed by atoms with van der Waals surface area (Å²) in [4.78, 5) is 38.0. The molecule has 28 heavy (non-hydrogen) atoms. The van der Waals surface area contributed by atoms with Gasteiger partial charge in [-0.25, -0.2) is 0 Å². The standard InChI is InChI=1S/C20H23N3O5/c1-20(27,16-8-5-11-28-16)13-21-18(25)19(26)22-14-6-4-7-15(12-14)23-10-3-2-9-17(23)24/h4-8,11-12,27H,2-3,9-10,13H2,1H3,(H,21,25)(H,22,26). The van der Waals surface area contributed by atoms with Crippen molar-refractivity contribution in [3.05, 3.63) is 48.4 Å². The smallest absolute Gasteiger partial charge is 0.313 e. The van der Waals surface area contributed by atoms with E-state index in [-0.39, 0.29) is 18.2 Å². The van der Waals surface area contributed by atoms with E-state index >= 15 is 0 Å². The lowest BCUT2D eigenvalue weighted by Crippen LogP contribution is -2.43. The molecule has 148 valence electrons. The first kappa shape index (κ1) is 19.6. The fourth-order valence-corrected chi connectivity index (χ4v) is 3.02. The van der Waals surface area contributed by atoms with Gasteiger partial charge in [-0.05, 0) is 50.1 Å². The topological polar surface area (TPSA) is 112 Å². The Balaban J connectivity index is 1.59. The maximum Gasteiger partial charge on any atom is 0.313 e. The molecule has 8 nitrogen and oxygen atoms in total. The molecule has 3 N–H and O–H groups in total. The molecule has 1 aliphatic rings. The van der Waals surface area contributed by atoms with Gasteiger partial charge in [-0.2, -0.15) is 0 Å². The molecule has 8 heteroatoms. The number of aliphatic hydroxyl groups is 1. The van der Waals surface area contributed by atoms with E-state index < -0.39 is 17.4 Å². The zero-order valence-corrected chi connectivity index (χ0v) is 15.6. The molecular formula is C20H23N3O5. The number of hydrogen-bond acceptors (Lipinski definition) is 5. The van der Waals surface area contributed by atoms with E-state index in [1.807, 2.05) is 0 Å². The minimum absolute atomic E-state index is 0.0487. The van der Waals surface area contributed by atoms with Gasteiger partial charge in [-0.15, -0.1) is 0 Å². The molecule has 1 aromatic carbocycles. The van der Waals surface area contributed by atoms with Crippen molar-refractivity contribution in [2.24, 2.45) is 0 Å². The minimum Gasteiger partial charge on any atom is -0.466 e. The molecular weight excluding hydrogens is 362 g/mol. The van der Waals surface area contributed by atoms with Gasteiger partial charge in [0.2, 0.25) is 5.91 Å². The molecule has 1 fully saturated rings. The average molecular weight is 385 g/mol. The highest BCUT2D eigenvalue weighted by Gasteiger charge is 2.28. The van der Waals surface area contributed by atoms with Gasteiger partial charge < -0.3 is 25.1 Å². The normalized spacial score (nSPS) is 16.4. The zero-order valence-electron chi connectivity index (χ0n) is 15.6. The fraction of sp³-hybridized carbons (Fsp3) is 0.350. The van der Waals surface area contributed by atoms with Crippen LogP contribution in [0.4, 0.5) is 11.4 Å². The lowest BCUT2D eigenvalue weighted by molar-refractivity contribution is -0.136. The third kappa shape index (κ3) is 4.58. The first-order chi connectivity index (χ1) is 13.4. The largest absolute Gasteiger partial charge is 0.466 e. The second kappa shape index (κ2) is 8.26. The Morgan fingerprint density at radius 2 is 2.04 bits per heavy atom. The number of amides is 3. The maximum absolute atomic E-state index is 12.2. The maximum atomic E-state index is 12.2. The Labute approximate surface area is 162 Å². The van der Waals surface area contributed by atoms with E-state index in [2.05, 4.69) is 10.6 Å². The Morgan fingerprint density at radius 1 is 1.21 bits per heavy atom. The van der Waals surface area contributed by atoms with Crippen molar-refractivity contribution < 1.29 is 23.9 Å². The zero-order chi connectivity index (χ0) is 20.1. The van der Waals surface area contributed by atoms with Crippen molar-refractivity contribution in [3.63, 3.8) is 0 Å². The summed E-state index contributed by atoms with van der Waals surface area (Å²) in [6, 6.07) is 10.0. The molecule has 3 amide bonds. The first-order valence-electron chi connectivity index (χ1n) is 9.13. The summed E-state index contributed by atoms with van der Waals surface area (Å²) < 4.78 is 5.13. The van der Waals surface area contributed by atoms with Crippen LogP contribution < -0.4 is 15.5 Å². The number of hydrogen-bond donors (Lipinski definition) is 3. The number of rotatable bonds is 5. The summed E-state index contributed by atoms with van der Waals surface area (Å²) in [7, 11) is 0. The van der Waals surface area contributed by atoms with Crippen molar-refractivity contribution in [1.29, 1.82) is 0 Å². The number of furan rings is 1. The molecule has 2 aromatic rings. The van der Waals surface area contributed by atoms with E-state index in [0.29, 0.717) is 24.3 Å². The third-order valence-electron chi connectivity index (χ3n) is 4.59. The van der Waals surface area contributed by atoms with E-state index in [9.17, 15) is 19.5 Å². The lowest BCUT2D eigenvalue weighted by atomic mass is 10.0. The van der Waals surface area contributed by atoms with Crippen LogP contribution in [-0.2, 0) is 20.0 Å². The lowest BCUT2D eigenvalue weighted by Gasteiger charge is -2.27. The molecule has 1 aliphatic heterocycles. The number of anilines is 2. The molecule has 0 saturated carbocycles. The van der Waals surface area contributed by atoms with Crippen LogP contribution in [0, 0.1) is 0 Å². The summed E-state index contributed by atoms with van der Waals surface area (Å²) in [6.07, 6.45) is 3.74. The number of nitrogens with zero attached hydrogens (tertiary/aromatic N) is 1. The van der Waals surface area contributed by atoms with E-state index in [0.717, 1.165) is 12.8 Å². The van der Waals surface area contributed by atoms with Crippen LogP contribution in [0.25, 0.3) is 0 Å². The van der Waals surface area contributed by atoms with Crippen LogP contribution in [0.2, 0.25) is 0 Å². The SMILES string of the molecule is CC(O)(CNC(=O)C(=O)Nc1cccc(N2CCCCC2=O)c1)c1ccco1. The third-order valence-corrected chi connectivity index (χ3v) is 4.59. The highest BCUT2D eigenvalue weighted by atomic mass is 16.4. The number of nitrogens with one attached hydrogen (secondary N) is 2. The summed E-state index contributed by atoms with van der Waals surface area (Å²) in [5, 5.41) is 15.2. The monoisotopic (exact) mass is 385 g/mol. The number of benzene rings is 1. The molecule has 1 atom stereocenters. The molecule has 1 saturated heterocycles. The van der Waals surface area contributed by atoms with Crippen molar-refractivity contribution in [3.8, 4) is 0 Å². The first-order valence-corrected chi connectivity index (χ1v) is 9.13. The van der Waals surface area contributed by atoms with Crippen LogP contribution in [0.5, 0.6) is 0 Å². The van der Waals surface area contributed by atoms with Gasteiger partial charge in [0.05, 0.1) is 12.8 Å². The highest BCUT2D eigenvalue weighted by Crippen LogP contribution is 2.24. The average Bonchev–Trinajstić information content (AvgIpc) is 3.22. The second-order valence-corrected chi connectivity index (χ2v) is 6.94. The van der Waals surface area contributed by atoms with Crippen molar-refractivity contribution in [2.75, 3.05) is 23.3 Å². The quantitative estimate of drug-likeness (QED) is 0.679. The predicted octanol–water partition coefficient (Wildman–Crippen LogP) is 1.76. The van der Waals surface area contributed by atoms with Gasteiger partial charge in [-0.1, -0.05) is 6.07 Å². The Hall–Kier alpha value is -3.13. The van der Waals surface area contributed by atoms with Crippen LogP contribution in [0.3, 0.4) is 0 Å². The van der Waals surface area contributed by atoms with Gasteiger partial charge in [-0.3, -0.25) is 14.4 Å². The number of carbonyl (C=O) groups excluding carboxylic acids is 3. The molecule has 1 unspecified atom stereocenters. The van der Waals surface area contributed by atoms with Crippen molar-refractivity contribution >= 4 is 29.1 Å². The molecule has 0 aliphatic carbocycles. The van der Waals surface area contributed by atoms with Crippen LogP contribution in [0.1, 0.15) is 31.9 Å². The highest BCUT2D eigenvalue weighted by molar-refractivity contribution is 6.39. The molecule has 0 bridgehead atoms.